The Hall–Kier alpha value is -2.40. The fourth-order valence-electron chi connectivity index (χ4n) is 2.05. The summed E-state index contributed by atoms with van der Waals surface area (Å²) >= 11 is 0. The Morgan fingerprint density at radius 1 is 1.25 bits per heavy atom. The van der Waals surface area contributed by atoms with Crippen LogP contribution in [-0.2, 0) is 9.53 Å². The Balaban J connectivity index is 2.31. The third-order valence-corrected chi connectivity index (χ3v) is 3.23. The second kappa shape index (κ2) is 5.30. The summed E-state index contributed by atoms with van der Waals surface area (Å²) in [6.07, 6.45) is 3.66. The van der Waals surface area contributed by atoms with E-state index >= 15 is 0 Å². The van der Waals surface area contributed by atoms with Gasteiger partial charge in [0.15, 0.2) is 5.78 Å². The third-order valence-electron chi connectivity index (χ3n) is 3.23. The number of carbonyl (C=O) groups is 2. The van der Waals surface area contributed by atoms with Crippen LogP contribution in [0.15, 0.2) is 54.3 Å². The zero-order valence-electron chi connectivity index (χ0n) is 10.8. The first-order valence-electron chi connectivity index (χ1n) is 5.99. The number of aliphatic carboxylic acids is 1. The highest BCUT2D eigenvalue weighted by atomic mass is 16.5. The van der Waals surface area contributed by atoms with Gasteiger partial charge in [-0.05, 0) is 6.08 Å². The maximum absolute atomic E-state index is 12.2. The van der Waals surface area contributed by atoms with Crippen molar-refractivity contribution in [1.29, 1.82) is 0 Å². The monoisotopic (exact) mass is 274 g/mol. The number of rotatable bonds is 4. The number of methoxy groups -OCH3 is 1. The molecule has 1 aromatic carbocycles. The lowest BCUT2D eigenvalue weighted by atomic mass is 9.86. The standard InChI is InChI=1S/C15H14O5/c1-20-15(14(18)19)8-7-11(12(16)9-15)13(17)10-5-3-2-4-6-10/h2-9,11,16H,1H3,(H,18,19). The van der Waals surface area contributed by atoms with Crippen LogP contribution in [-0.4, -0.2) is 34.7 Å². The molecule has 1 aromatic rings. The van der Waals surface area contributed by atoms with Crippen molar-refractivity contribution in [3.63, 3.8) is 0 Å². The molecule has 5 nitrogen and oxygen atoms in total. The Labute approximate surface area is 115 Å². The molecule has 2 rings (SSSR count). The molecule has 0 heterocycles. The van der Waals surface area contributed by atoms with Crippen LogP contribution in [0.2, 0.25) is 0 Å². The molecule has 1 aliphatic rings. The first-order chi connectivity index (χ1) is 9.50. The first kappa shape index (κ1) is 14.0. The molecule has 0 aliphatic heterocycles. The normalized spacial score (nSPS) is 25.1. The number of carboxylic acids is 1. The number of hydrogen-bond acceptors (Lipinski definition) is 4. The number of carboxylic acid groups (broad SMARTS) is 1. The quantitative estimate of drug-likeness (QED) is 0.647. The van der Waals surface area contributed by atoms with Crippen LogP contribution in [0.4, 0.5) is 0 Å². The van der Waals surface area contributed by atoms with E-state index in [9.17, 15) is 14.7 Å². The Kier molecular flexibility index (Phi) is 3.72. The molecule has 0 saturated heterocycles. The second-order valence-electron chi connectivity index (χ2n) is 4.44. The van der Waals surface area contributed by atoms with Crippen molar-refractivity contribution in [2.45, 2.75) is 5.60 Å². The summed E-state index contributed by atoms with van der Waals surface area (Å²) in [5.74, 6) is -2.77. The largest absolute Gasteiger partial charge is 0.511 e. The van der Waals surface area contributed by atoms with Gasteiger partial charge in [0.25, 0.3) is 0 Å². The molecule has 0 fully saturated rings. The van der Waals surface area contributed by atoms with Crippen molar-refractivity contribution in [3.05, 3.63) is 59.9 Å². The molecular formula is C15H14O5. The zero-order valence-corrected chi connectivity index (χ0v) is 10.8. The van der Waals surface area contributed by atoms with E-state index < -0.39 is 17.5 Å². The van der Waals surface area contributed by atoms with Gasteiger partial charge < -0.3 is 14.9 Å². The minimum Gasteiger partial charge on any atom is -0.511 e. The molecule has 1 aliphatic carbocycles. The summed E-state index contributed by atoms with van der Waals surface area (Å²) in [5.41, 5.74) is -1.28. The van der Waals surface area contributed by atoms with Crippen LogP contribution in [0, 0.1) is 5.92 Å². The lowest BCUT2D eigenvalue weighted by molar-refractivity contribution is -0.152. The molecule has 0 amide bonds. The Bertz CT molecular complexity index is 588. The summed E-state index contributed by atoms with van der Waals surface area (Å²) in [6.45, 7) is 0. The number of allylic oxidation sites excluding steroid dienone is 1. The lowest BCUT2D eigenvalue weighted by Gasteiger charge is -2.26. The first-order valence-corrected chi connectivity index (χ1v) is 5.99. The molecule has 0 spiro atoms. The summed E-state index contributed by atoms with van der Waals surface area (Å²) in [6, 6.07) is 8.50. The fourth-order valence-corrected chi connectivity index (χ4v) is 2.05. The molecule has 2 unspecified atom stereocenters. The van der Waals surface area contributed by atoms with Gasteiger partial charge in [0.2, 0.25) is 5.60 Å². The maximum Gasteiger partial charge on any atom is 0.344 e. The predicted molar refractivity (Wildman–Crippen MR) is 71.5 cm³/mol. The van der Waals surface area contributed by atoms with Gasteiger partial charge in [0.1, 0.15) is 5.76 Å². The van der Waals surface area contributed by atoms with E-state index in [1.54, 1.807) is 30.3 Å². The van der Waals surface area contributed by atoms with Gasteiger partial charge in [0.05, 0.1) is 5.92 Å². The molecule has 2 atom stereocenters. The van der Waals surface area contributed by atoms with E-state index in [4.69, 9.17) is 9.84 Å². The highest BCUT2D eigenvalue weighted by Crippen LogP contribution is 2.28. The Morgan fingerprint density at radius 3 is 2.40 bits per heavy atom. The lowest BCUT2D eigenvalue weighted by Crippen LogP contribution is -2.40. The van der Waals surface area contributed by atoms with E-state index in [0.29, 0.717) is 5.56 Å². The molecule has 0 saturated carbocycles. The number of Topliss-reactive ketones (excluding diaryl/α,β-unsaturated/α-hetero) is 1. The van der Waals surface area contributed by atoms with Crippen molar-refractivity contribution in [2.24, 2.45) is 5.92 Å². The van der Waals surface area contributed by atoms with Crippen molar-refractivity contribution in [2.75, 3.05) is 7.11 Å². The van der Waals surface area contributed by atoms with Crippen molar-refractivity contribution < 1.29 is 24.5 Å². The van der Waals surface area contributed by atoms with Crippen molar-refractivity contribution in [1.82, 2.24) is 0 Å². The summed E-state index contributed by atoms with van der Waals surface area (Å²) < 4.78 is 4.91. The van der Waals surface area contributed by atoms with E-state index in [2.05, 4.69) is 0 Å². The van der Waals surface area contributed by atoms with Crippen LogP contribution in [0.1, 0.15) is 10.4 Å². The van der Waals surface area contributed by atoms with Crippen LogP contribution in [0.5, 0.6) is 0 Å². The molecule has 0 radical (unpaired) electrons. The Morgan fingerprint density at radius 2 is 1.90 bits per heavy atom. The summed E-state index contributed by atoms with van der Waals surface area (Å²) in [4.78, 5) is 23.4. The molecule has 0 aromatic heterocycles. The van der Waals surface area contributed by atoms with E-state index in [1.807, 2.05) is 0 Å². The molecule has 2 N–H and O–H groups in total. The predicted octanol–water partition coefficient (Wildman–Crippen LogP) is 1.97. The van der Waals surface area contributed by atoms with Gasteiger partial charge in [-0.3, -0.25) is 4.79 Å². The number of ether oxygens (including phenoxy) is 1. The van der Waals surface area contributed by atoms with Gasteiger partial charge in [-0.25, -0.2) is 4.79 Å². The number of aliphatic hydroxyl groups excluding tert-OH is 1. The van der Waals surface area contributed by atoms with Crippen LogP contribution < -0.4 is 0 Å². The van der Waals surface area contributed by atoms with Gasteiger partial charge >= 0.3 is 5.97 Å². The number of carbonyl (C=O) groups excluding carboxylic acids is 1. The van der Waals surface area contributed by atoms with Crippen molar-refractivity contribution in [3.8, 4) is 0 Å². The van der Waals surface area contributed by atoms with Gasteiger partial charge in [0, 0.05) is 18.7 Å². The zero-order chi connectivity index (χ0) is 14.8. The van der Waals surface area contributed by atoms with E-state index in [0.717, 1.165) is 6.08 Å². The summed E-state index contributed by atoms with van der Waals surface area (Å²) in [5, 5.41) is 19.1. The SMILES string of the molecule is COC1(C(=O)O)C=CC(C(=O)c2ccccc2)C(O)=C1. The highest BCUT2D eigenvalue weighted by molar-refractivity contribution is 6.01. The van der Waals surface area contributed by atoms with Gasteiger partial charge in [-0.15, -0.1) is 0 Å². The fraction of sp³-hybridized carbons (Fsp3) is 0.200. The average molecular weight is 274 g/mol. The van der Waals surface area contributed by atoms with Crippen molar-refractivity contribution >= 4 is 11.8 Å². The number of aliphatic hydroxyl groups is 1. The number of ketones is 1. The highest BCUT2D eigenvalue weighted by Gasteiger charge is 2.39. The van der Waals surface area contributed by atoms with Crippen LogP contribution >= 0.6 is 0 Å². The minimum absolute atomic E-state index is 0.300. The molecular weight excluding hydrogens is 260 g/mol. The van der Waals surface area contributed by atoms with Gasteiger partial charge in [-0.2, -0.15) is 0 Å². The van der Waals surface area contributed by atoms with Crippen LogP contribution in [0.25, 0.3) is 0 Å². The molecule has 0 bridgehead atoms. The van der Waals surface area contributed by atoms with Gasteiger partial charge in [-0.1, -0.05) is 36.4 Å². The molecule has 20 heavy (non-hydrogen) atoms. The number of hydrogen-bond donors (Lipinski definition) is 2. The minimum atomic E-state index is -1.72. The van der Waals surface area contributed by atoms with E-state index in [1.165, 1.54) is 19.3 Å². The average Bonchev–Trinajstić information content (AvgIpc) is 2.47. The van der Waals surface area contributed by atoms with E-state index in [-0.39, 0.29) is 11.5 Å². The molecule has 104 valence electrons. The number of benzene rings is 1. The topological polar surface area (TPSA) is 83.8 Å². The second-order valence-corrected chi connectivity index (χ2v) is 4.44. The molecule has 5 heteroatoms. The maximum atomic E-state index is 12.2. The third kappa shape index (κ3) is 2.35. The smallest absolute Gasteiger partial charge is 0.344 e. The summed E-state index contributed by atoms with van der Waals surface area (Å²) in [7, 11) is 1.22. The van der Waals surface area contributed by atoms with Crippen LogP contribution in [0.3, 0.4) is 0 Å².